The van der Waals surface area contributed by atoms with Gasteiger partial charge in [-0.05, 0) is 60.7 Å². The first-order valence-corrected chi connectivity index (χ1v) is 10.7. The van der Waals surface area contributed by atoms with Crippen LogP contribution in [0.2, 0.25) is 0 Å². The molecule has 0 aliphatic carbocycles. The first kappa shape index (κ1) is 20.8. The van der Waals surface area contributed by atoms with Crippen LogP contribution < -0.4 is 4.74 Å². The van der Waals surface area contributed by atoms with Gasteiger partial charge in [-0.2, -0.15) is 0 Å². The molecule has 158 valence electrons. The van der Waals surface area contributed by atoms with Gasteiger partial charge in [-0.1, -0.05) is 12.1 Å². The second kappa shape index (κ2) is 8.35. The summed E-state index contributed by atoms with van der Waals surface area (Å²) in [6, 6.07) is 12.1. The molecule has 4 rings (SSSR count). The van der Waals surface area contributed by atoms with Crippen molar-refractivity contribution < 1.29 is 19.4 Å². The number of aliphatic hydroxyl groups is 1. The molecule has 3 heterocycles. The monoisotopic (exact) mass is 434 g/mol. The first-order valence-electron chi connectivity index (χ1n) is 9.79. The summed E-state index contributed by atoms with van der Waals surface area (Å²) >= 11 is 1.44. The van der Waals surface area contributed by atoms with Gasteiger partial charge < -0.3 is 14.7 Å². The molecule has 0 saturated carbocycles. The van der Waals surface area contributed by atoms with Crippen molar-refractivity contribution in [2.24, 2.45) is 0 Å². The Kier molecular flexibility index (Phi) is 5.61. The van der Waals surface area contributed by atoms with Crippen LogP contribution in [0.5, 0.6) is 5.75 Å². The van der Waals surface area contributed by atoms with E-state index in [1.807, 2.05) is 49.6 Å². The molecule has 1 saturated heterocycles. The highest BCUT2D eigenvalue weighted by Crippen LogP contribution is 2.42. The van der Waals surface area contributed by atoms with Crippen LogP contribution in [-0.4, -0.2) is 33.8 Å². The van der Waals surface area contributed by atoms with Crippen molar-refractivity contribution in [3.63, 3.8) is 0 Å². The van der Waals surface area contributed by atoms with E-state index in [0.717, 1.165) is 16.0 Å². The number of aryl methyl sites for hydroxylation is 2. The second-order valence-corrected chi connectivity index (χ2v) is 8.38. The second-order valence-electron chi connectivity index (χ2n) is 7.40. The summed E-state index contributed by atoms with van der Waals surface area (Å²) in [5.74, 6) is -0.823. The minimum atomic E-state index is -0.695. The van der Waals surface area contributed by atoms with Crippen LogP contribution in [-0.2, 0) is 16.1 Å². The lowest BCUT2D eigenvalue weighted by Crippen LogP contribution is -2.29. The Balaban J connectivity index is 1.87. The molecule has 1 aliphatic heterocycles. The number of likely N-dealkylation sites (tertiary alicyclic amines) is 1. The number of Topliss-reactive ketones (excluding diaryl/α,β-unsaturated/α-hetero) is 1. The van der Waals surface area contributed by atoms with E-state index in [4.69, 9.17) is 4.74 Å². The number of pyridine rings is 1. The van der Waals surface area contributed by atoms with E-state index in [9.17, 15) is 14.7 Å². The van der Waals surface area contributed by atoms with Gasteiger partial charge in [0.25, 0.3) is 11.7 Å². The van der Waals surface area contributed by atoms with E-state index in [1.165, 1.54) is 16.2 Å². The van der Waals surface area contributed by atoms with Crippen molar-refractivity contribution in [2.45, 2.75) is 26.4 Å². The Bertz CT molecular complexity index is 1170. The average molecular weight is 435 g/mol. The number of hydrogen-bond acceptors (Lipinski definition) is 6. The van der Waals surface area contributed by atoms with E-state index in [0.29, 0.717) is 17.0 Å². The topological polar surface area (TPSA) is 79.7 Å². The first-order chi connectivity index (χ1) is 14.9. The lowest BCUT2D eigenvalue weighted by molar-refractivity contribution is -0.140. The fourth-order valence-corrected chi connectivity index (χ4v) is 4.71. The molecule has 6 nitrogen and oxygen atoms in total. The minimum absolute atomic E-state index is 0.0936. The lowest BCUT2D eigenvalue weighted by atomic mass is 9.96. The summed E-state index contributed by atoms with van der Waals surface area (Å²) < 4.78 is 5.36. The number of nitrogens with zero attached hydrogens (tertiary/aromatic N) is 2. The molecule has 7 heteroatoms. The van der Waals surface area contributed by atoms with Crippen molar-refractivity contribution >= 4 is 28.8 Å². The van der Waals surface area contributed by atoms with Gasteiger partial charge in [0.15, 0.2) is 0 Å². The molecule has 0 bridgehead atoms. The summed E-state index contributed by atoms with van der Waals surface area (Å²) in [7, 11) is 1.58. The number of aromatic nitrogens is 1. The van der Waals surface area contributed by atoms with Crippen LogP contribution >= 0.6 is 11.3 Å². The molecular weight excluding hydrogens is 412 g/mol. The highest BCUT2D eigenvalue weighted by molar-refractivity contribution is 7.10. The number of aliphatic hydroxyl groups excluding tert-OH is 1. The molecule has 0 radical (unpaired) electrons. The molecule has 1 N–H and O–H groups in total. The number of ether oxygens (including phenoxy) is 1. The van der Waals surface area contributed by atoms with Gasteiger partial charge in [-0.15, -0.1) is 11.3 Å². The van der Waals surface area contributed by atoms with Gasteiger partial charge in [0.1, 0.15) is 17.6 Å². The average Bonchev–Trinajstić information content (AvgIpc) is 3.38. The van der Waals surface area contributed by atoms with Crippen LogP contribution in [0, 0.1) is 13.8 Å². The summed E-state index contributed by atoms with van der Waals surface area (Å²) in [5, 5.41) is 13.1. The highest BCUT2D eigenvalue weighted by atomic mass is 32.1. The number of carbonyl (C=O) groups is 2. The predicted octanol–water partition coefficient (Wildman–Crippen LogP) is 4.39. The molecule has 2 aromatic heterocycles. The summed E-state index contributed by atoms with van der Waals surface area (Å²) in [6.45, 7) is 3.87. The van der Waals surface area contributed by atoms with Crippen molar-refractivity contribution in [1.29, 1.82) is 0 Å². The molecule has 31 heavy (non-hydrogen) atoms. The third-order valence-electron chi connectivity index (χ3n) is 5.41. The van der Waals surface area contributed by atoms with E-state index in [2.05, 4.69) is 4.98 Å². The third-order valence-corrected chi connectivity index (χ3v) is 6.33. The van der Waals surface area contributed by atoms with E-state index in [-0.39, 0.29) is 17.9 Å². The molecule has 3 aromatic rings. The summed E-state index contributed by atoms with van der Waals surface area (Å²) in [4.78, 5) is 32.7. The fraction of sp³-hybridized carbons (Fsp3) is 0.208. The number of benzene rings is 1. The van der Waals surface area contributed by atoms with E-state index >= 15 is 0 Å². The zero-order valence-electron chi connectivity index (χ0n) is 17.5. The van der Waals surface area contributed by atoms with Crippen molar-refractivity contribution in [1.82, 2.24) is 9.88 Å². The van der Waals surface area contributed by atoms with Gasteiger partial charge in [0, 0.05) is 16.6 Å². The van der Waals surface area contributed by atoms with E-state index < -0.39 is 17.7 Å². The normalized spacial score (nSPS) is 17.9. The van der Waals surface area contributed by atoms with Crippen LogP contribution in [0.15, 0.2) is 59.6 Å². The van der Waals surface area contributed by atoms with Gasteiger partial charge in [-0.25, -0.2) is 0 Å². The molecule has 0 spiro atoms. The maximum Gasteiger partial charge on any atom is 0.296 e. The number of amides is 1. The molecule has 1 aromatic carbocycles. The van der Waals surface area contributed by atoms with Crippen LogP contribution in [0.1, 0.15) is 33.3 Å². The van der Waals surface area contributed by atoms with E-state index in [1.54, 1.807) is 25.4 Å². The maximum absolute atomic E-state index is 13.1. The van der Waals surface area contributed by atoms with Crippen molar-refractivity contribution in [2.75, 3.05) is 7.11 Å². The Morgan fingerprint density at radius 3 is 2.61 bits per heavy atom. The molecule has 1 fully saturated rings. The smallest absolute Gasteiger partial charge is 0.296 e. The summed E-state index contributed by atoms with van der Waals surface area (Å²) in [5.41, 5.74) is 2.85. The molecule has 1 aliphatic rings. The minimum Gasteiger partial charge on any atom is -0.507 e. The maximum atomic E-state index is 13.1. The molecule has 1 unspecified atom stereocenters. The number of carbonyl (C=O) groups excluding carboxylic acids is 2. The van der Waals surface area contributed by atoms with Crippen LogP contribution in [0.3, 0.4) is 0 Å². The zero-order valence-corrected chi connectivity index (χ0v) is 18.3. The Morgan fingerprint density at radius 2 is 1.97 bits per heavy atom. The molecule has 1 amide bonds. The fourth-order valence-electron chi connectivity index (χ4n) is 3.86. The summed E-state index contributed by atoms with van der Waals surface area (Å²) in [6.07, 6.45) is 1.65. The number of hydrogen-bond donors (Lipinski definition) is 1. The number of ketones is 1. The lowest BCUT2D eigenvalue weighted by Gasteiger charge is -2.24. The molecule has 1 atom stereocenters. The van der Waals surface area contributed by atoms with Crippen LogP contribution in [0.25, 0.3) is 5.76 Å². The number of methoxy groups -OCH3 is 1. The Hall–Kier alpha value is -3.45. The highest BCUT2D eigenvalue weighted by Gasteiger charge is 2.46. The quantitative estimate of drug-likeness (QED) is 0.366. The Morgan fingerprint density at radius 1 is 1.16 bits per heavy atom. The van der Waals surface area contributed by atoms with Crippen molar-refractivity contribution in [3.05, 3.63) is 86.9 Å². The predicted molar refractivity (Wildman–Crippen MR) is 119 cm³/mol. The number of thiophene rings is 1. The molecular formula is C24H22N2O4S. The third kappa shape index (κ3) is 3.72. The van der Waals surface area contributed by atoms with Gasteiger partial charge in [-0.3, -0.25) is 14.6 Å². The standard InChI is InChI=1S/C24H22N2O4S/c1-14-12-18(30-3)15(2)11-17(14)22(27)20-21(19-8-6-10-31-19)26(24(29)23(20)28)13-16-7-4-5-9-25-16/h4-12,21,27H,13H2,1-3H3/b22-20-. The largest absolute Gasteiger partial charge is 0.507 e. The van der Waals surface area contributed by atoms with Crippen molar-refractivity contribution in [3.8, 4) is 5.75 Å². The SMILES string of the molecule is COc1cc(C)c(/C(O)=C2/C(=O)C(=O)N(Cc3ccccn3)C2c2cccs2)cc1C. The van der Waals surface area contributed by atoms with Gasteiger partial charge in [0.05, 0.1) is 24.9 Å². The van der Waals surface area contributed by atoms with Gasteiger partial charge >= 0.3 is 0 Å². The van der Waals surface area contributed by atoms with Crippen LogP contribution in [0.4, 0.5) is 0 Å². The zero-order chi connectivity index (χ0) is 22.1. The number of rotatable bonds is 5. The van der Waals surface area contributed by atoms with Gasteiger partial charge in [0.2, 0.25) is 0 Å². The Labute approximate surface area is 184 Å².